The molecule has 2 aromatic rings. The number of carbonyl (C=O) groups excluding carboxylic acids is 2. The molecule has 0 atom stereocenters. The molecule has 0 aliphatic rings. The summed E-state index contributed by atoms with van der Waals surface area (Å²) in [6.07, 6.45) is 1.36. The Morgan fingerprint density at radius 3 is 1.77 bits per heavy atom. The van der Waals surface area contributed by atoms with Crippen LogP contribution in [-0.4, -0.2) is 47.0 Å². The number of aryl methyl sites for hydroxylation is 2. The summed E-state index contributed by atoms with van der Waals surface area (Å²) in [6.45, 7) is 3.22. The minimum absolute atomic E-state index is 0.0732. The van der Waals surface area contributed by atoms with E-state index in [9.17, 15) is 29.8 Å². The van der Waals surface area contributed by atoms with Crippen LogP contribution in [0, 0.1) is 34.1 Å². The highest BCUT2D eigenvalue weighted by Gasteiger charge is 2.14. The Labute approximate surface area is 172 Å². The first kappa shape index (κ1) is 23.9. The van der Waals surface area contributed by atoms with Gasteiger partial charge in [0.2, 0.25) is 5.91 Å². The molecule has 2 aromatic carbocycles. The molecule has 30 heavy (non-hydrogen) atoms. The van der Waals surface area contributed by atoms with Gasteiger partial charge in [-0.1, -0.05) is 12.1 Å². The van der Waals surface area contributed by atoms with Crippen molar-refractivity contribution in [2.75, 3.05) is 14.1 Å². The first-order valence-electron chi connectivity index (χ1n) is 8.48. The molecule has 2 N–H and O–H groups in total. The van der Waals surface area contributed by atoms with E-state index in [1.54, 1.807) is 32.8 Å². The van der Waals surface area contributed by atoms with Crippen LogP contribution in [0.4, 0.5) is 11.4 Å². The first-order valence-corrected chi connectivity index (χ1v) is 8.48. The molecule has 0 saturated heterocycles. The molecule has 11 heteroatoms. The molecule has 2 amide bonds. The molecule has 0 fully saturated rings. The number of nitrogens with zero attached hydrogens (tertiary/aromatic N) is 4. The standard InChI is InChI=1S/C11H13N3O3.C8H8N2O3/c1-8-4-5-9(6-10(8)14(16)17)11(15)12-7-13(2)3;1-5-2-3-6(8(9)11)4-7(5)10(12)13/h4-7H,1-3H3;2-4H,1H3,(H2,9,11). The lowest BCUT2D eigenvalue weighted by Gasteiger charge is -2.02. The zero-order chi connectivity index (χ0) is 23.0. The summed E-state index contributed by atoms with van der Waals surface area (Å²) in [7, 11) is 3.46. The molecule has 0 radical (unpaired) electrons. The van der Waals surface area contributed by atoms with Gasteiger partial charge in [0.15, 0.2) is 0 Å². The summed E-state index contributed by atoms with van der Waals surface area (Å²) in [5.74, 6) is -1.16. The van der Waals surface area contributed by atoms with Crippen LogP contribution < -0.4 is 5.73 Å². The number of amides is 2. The summed E-state index contributed by atoms with van der Waals surface area (Å²) in [4.78, 5) is 47.7. The van der Waals surface area contributed by atoms with Crippen molar-refractivity contribution in [1.29, 1.82) is 0 Å². The number of benzene rings is 2. The zero-order valence-corrected chi connectivity index (χ0v) is 16.9. The van der Waals surface area contributed by atoms with Crippen LogP contribution in [0.3, 0.4) is 0 Å². The highest BCUT2D eigenvalue weighted by atomic mass is 16.6. The minimum Gasteiger partial charge on any atom is -0.369 e. The number of rotatable bonds is 5. The van der Waals surface area contributed by atoms with Crippen molar-refractivity contribution in [3.05, 3.63) is 78.9 Å². The molecule has 0 aromatic heterocycles. The summed E-state index contributed by atoms with van der Waals surface area (Å²) in [5.41, 5.74) is 6.20. The highest BCUT2D eigenvalue weighted by Crippen LogP contribution is 2.20. The lowest BCUT2D eigenvalue weighted by atomic mass is 10.1. The number of nitrogens with two attached hydrogens (primary N) is 1. The molecule has 0 spiro atoms. The Morgan fingerprint density at radius 1 is 0.933 bits per heavy atom. The van der Waals surface area contributed by atoms with Crippen LogP contribution in [0.1, 0.15) is 31.8 Å². The third kappa shape index (κ3) is 6.78. The Morgan fingerprint density at radius 2 is 1.37 bits per heavy atom. The smallest absolute Gasteiger partial charge is 0.278 e. The monoisotopic (exact) mass is 415 g/mol. The van der Waals surface area contributed by atoms with Gasteiger partial charge in [-0.3, -0.25) is 29.8 Å². The van der Waals surface area contributed by atoms with Gasteiger partial charge in [-0.25, -0.2) is 0 Å². The topological polar surface area (TPSA) is 162 Å². The Kier molecular flexibility index (Phi) is 8.29. The Bertz CT molecular complexity index is 1020. The van der Waals surface area contributed by atoms with Crippen LogP contribution in [0.25, 0.3) is 0 Å². The maximum atomic E-state index is 11.6. The predicted octanol–water partition coefficient (Wildman–Crippen LogP) is 2.64. The first-order chi connectivity index (χ1) is 13.9. The summed E-state index contributed by atoms with van der Waals surface area (Å²) in [6, 6.07) is 8.44. The van der Waals surface area contributed by atoms with Gasteiger partial charge in [0.05, 0.1) is 16.2 Å². The van der Waals surface area contributed by atoms with E-state index in [-0.39, 0.29) is 22.5 Å². The van der Waals surface area contributed by atoms with Crippen LogP contribution in [0.2, 0.25) is 0 Å². The second-order valence-electron chi connectivity index (χ2n) is 6.39. The number of hydrogen-bond acceptors (Lipinski definition) is 6. The Balaban J connectivity index is 0.000000311. The molecule has 0 unspecified atom stereocenters. The van der Waals surface area contributed by atoms with E-state index in [1.165, 1.54) is 42.7 Å². The van der Waals surface area contributed by atoms with Crippen LogP contribution in [-0.2, 0) is 0 Å². The lowest BCUT2D eigenvalue weighted by Crippen LogP contribution is -2.11. The van der Waals surface area contributed by atoms with Gasteiger partial charge in [0.1, 0.15) is 0 Å². The Hall–Kier alpha value is -4.15. The molecule has 0 bridgehead atoms. The van der Waals surface area contributed by atoms with Crippen LogP contribution >= 0.6 is 0 Å². The maximum Gasteiger partial charge on any atom is 0.278 e. The molecular weight excluding hydrogens is 394 g/mol. The van der Waals surface area contributed by atoms with Gasteiger partial charge < -0.3 is 10.6 Å². The largest absolute Gasteiger partial charge is 0.369 e. The predicted molar refractivity (Wildman–Crippen MR) is 111 cm³/mol. The fourth-order valence-corrected chi connectivity index (χ4v) is 2.14. The second-order valence-corrected chi connectivity index (χ2v) is 6.39. The molecule has 11 nitrogen and oxygen atoms in total. The van der Waals surface area contributed by atoms with Gasteiger partial charge in [-0.2, -0.15) is 4.99 Å². The van der Waals surface area contributed by atoms with E-state index in [0.29, 0.717) is 11.1 Å². The van der Waals surface area contributed by atoms with Crippen molar-refractivity contribution < 1.29 is 19.4 Å². The third-order valence-corrected chi connectivity index (χ3v) is 3.75. The van der Waals surface area contributed by atoms with Gasteiger partial charge in [0, 0.05) is 48.5 Å². The summed E-state index contributed by atoms with van der Waals surface area (Å²) >= 11 is 0. The highest BCUT2D eigenvalue weighted by molar-refractivity contribution is 5.99. The fourth-order valence-electron chi connectivity index (χ4n) is 2.14. The van der Waals surface area contributed by atoms with Gasteiger partial charge in [0.25, 0.3) is 17.3 Å². The van der Waals surface area contributed by atoms with E-state index < -0.39 is 21.7 Å². The number of carbonyl (C=O) groups is 2. The minimum atomic E-state index is -0.664. The van der Waals surface area contributed by atoms with Crippen molar-refractivity contribution >= 4 is 29.5 Å². The maximum absolute atomic E-state index is 11.6. The lowest BCUT2D eigenvalue weighted by molar-refractivity contribution is -0.385. The second kappa shape index (κ2) is 10.4. The fraction of sp³-hybridized carbons (Fsp3) is 0.211. The molecule has 0 aliphatic carbocycles. The number of hydrogen-bond donors (Lipinski definition) is 1. The molecular formula is C19H21N5O6. The van der Waals surface area contributed by atoms with Crippen molar-refractivity contribution in [2.45, 2.75) is 13.8 Å². The average Bonchev–Trinajstić information content (AvgIpc) is 2.66. The molecule has 0 saturated carbocycles. The number of primary amides is 1. The van der Waals surface area contributed by atoms with Crippen molar-refractivity contribution in [3.63, 3.8) is 0 Å². The molecule has 158 valence electrons. The van der Waals surface area contributed by atoms with Crippen molar-refractivity contribution in [3.8, 4) is 0 Å². The van der Waals surface area contributed by atoms with Gasteiger partial charge in [-0.05, 0) is 26.0 Å². The summed E-state index contributed by atoms with van der Waals surface area (Å²) in [5, 5.41) is 21.2. The van der Waals surface area contributed by atoms with E-state index in [0.717, 1.165) is 0 Å². The van der Waals surface area contributed by atoms with E-state index >= 15 is 0 Å². The molecule has 2 rings (SSSR count). The summed E-state index contributed by atoms with van der Waals surface area (Å²) < 4.78 is 0. The van der Waals surface area contributed by atoms with E-state index in [4.69, 9.17) is 5.73 Å². The van der Waals surface area contributed by atoms with Gasteiger partial charge >= 0.3 is 0 Å². The van der Waals surface area contributed by atoms with Crippen LogP contribution in [0.5, 0.6) is 0 Å². The molecule has 0 heterocycles. The number of nitro benzene ring substituents is 2. The normalized spacial score (nSPS) is 10.1. The molecule has 0 aliphatic heterocycles. The van der Waals surface area contributed by atoms with Crippen LogP contribution in [0.15, 0.2) is 41.4 Å². The van der Waals surface area contributed by atoms with E-state index in [1.807, 2.05) is 0 Å². The SMILES string of the molecule is Cc1ccc(C(=O)N=CN(C)C)cc1[N+](=O)[O-].Cc1ccc(C(N)=O)cc1[N+](=O)[O-]. The quantitative estimate of drug-likeness (QED) is 0.339. The average molecular weight is 415 g/mol. The van der Waals surface area contributed by atoms with Crippen molar-refractivity contribution in [1.82, 2.24) is 4.90 Å². The zero-order valence-electron chi connectivity index (χ0n) is 16.9. The third-order valence-electron chi connectivity index (χ3n) is 3.75. The van der Waals surface area contributed by atoms with E-state index in [2.05, 4.69) is 4.99 Å². The number of nitro groups is 2. The number of aliphatic imine (C=N–C) groups is 1. The van der Waals surface area contributed by atoms with Crippen molar-refractivity contribution in [2.24, 2.45) is 10.7 Å². The van der Waals surface area contributed by atoms with Gasteiger partial charge in [-0.15, -0.1) is 0 Å².